The van der Waals surface area contributed by atoms with E-state index in [1.54, 1.807) is 0 Å². The van der Waals surface area contributed by atoms with Crippen molar-refractivity contribution >= 4 is 10.9 Å². The third-order valence-corrected chi connectivity index (χ3v) is 7.25. The van der Waals surface area contributed by atoms with Crippen molar-refractivity contribution in [2.24, 2.45) is 0 Å². The number of fused-ring (bicyclic) bond motifs is 2. The van der Waals surface area contributed by atoms with Crippen molar-refractivity contribution in [1.29, 1.82) is 0 Å². The lowest BCUT2D eigenvalue weighted by molar-refractivity contribution is 0.244. The monoisotopic (exact) mass is 446 g/mol. The van der Waals surface area contributed by atoms with Crippen molar-refractivity contribution in [2.75, 3.05) is 6.54 Å². The van der Waals surface area contributed by atoms with E-state index in [4.69, 9.17) is 5.10 Å². The van der Waals surface area contributed by atoms with Crippen molar-refractivity contribution in [3.05, 3.63) is 106 Å². The number of aryl methyl sites for hydroxylation is 3. The standard InChI is InChI=1S/C30H30N4/c1-20-7-4-5-10-25(20)18-33-16-14-28-26(19-33)30(24-11-12-27-23(17-24)13-15-31-27)34(32-28)29-21(2)8-6-9-22(29)3/h4-13,15,17,31H,14,16,18-19H2,1-3H3. The summed E-state index contributed by atoms with van der Waals surface area (Å²) in [4.78, 5) is 5.90. The third-order valence-electron chi connectivity index (χ3n) is 7.25. The van der Waals surface area contributed by atoms with Gasteiger partial charge in [-0.25, -0.2) is 4.68 Å². The van der Waals surface area contributed by atoms with E-state index in [9.17, 15) is 0 Å². The van der Waals surface area contributed by atoms with Crippen LogP contribution in [-0.4, -0.2) is 26.2 Å². The minimum atomic E-state index is 0.912. The number of H-pyrrole nitrogens is 1. The van der Waals surface area contributed by atoms with Crippen molar-refractivity contribution < 1.29 is 0 Å². The molecule has 4 nitrogen and oxygen atoms in total. The number of aromatic nitrogens is 3. The summed E-state index contributed by atoms with van der Waals surface area (Å²) in [5.74, 6) is 0. The number of benzene rings is 3. The Labute approximate surface area is 200 Å². The summed E-state index contributed by atoms with van der Waals surface area (Å²) in [7, 11) is 0. The van der Waals surface area contributed by atoms with Gasteiger partial charge in [0.05, 0.1) is 17.1 Å². The molecule has 0 saturated carbocycles. The average Bonchev–Trinajstić information content (AvgIpc) is 3.44. The zero-order valence-corrected chi connectivity index (χ0v) is 20.1. The van der Waals surface area contributed by atoms with Crippen LogP contribution in [0, 0.1) is 20.8 Å². The highest BCUT2D eigenvalue weighted by Crippen LogP contribution is 2.36. The summed E-state index contributed by atoms with van der Waals surface area (Å²) >= 11 is 0. The molecule has 4 heteroatoms. The van der Waals surface area contributed by atoms with Crippen molar-refractivity contribution in [1.82, 2.24) is 19.7 Å². The van der Waals surface area contributed by atoms with Crippen LogP contribution in [0.2, 0.25) is 0 Å². The Hall–Kier alpha value is -3.63. The summed E-state index contributed by atoms with van der Waals surface area (Å²) in [5.41, 5.74) is 12.7. The van der Waals surface area contributed by atoms with Gasteiger partial charge < -0.3 is 4.98 Å². The summed E-state index contributed by atoms with van der Waals surface area (Å²) in [6.07, 6.45) is 2.98. The van der Waals surface area contributed by atoms with Crippen LogP contribution in [0.5, 0.6) is 0 Å². The van der Waals surface area contributed by atoms with Crippen LogP contribution in [0.1, 0.15) is 33.5 Å². The molecule has 0 bridgehead atoms. The number of rotatable bonds is 4. The van der Waals surface area contributed by atoms with Gasteiger partial charge in [0.25, 0.3) is 0 Å². The van der Waals surface area contributed by atoms with Gasteiger partial charge in [-0.05, 0) is 61.2 Å². The van der Waals surface area contributed by atoms with Gasteiger partial charge in [0, 0.05) is 54.3 Å². The van der Waals surface area contributed by atoms with Gasteiger partial charge in [0.2, 0.25) is 0 Å². The molecule has 5 aromatic rings. The van der Waals surface area contributed by atoms with Gasteiger partial charge in [-0.2, -0.15) is 5.10 Å². The summed E-state index contributed by atoms with van der Waals surface area (Å²) in [5, 5.41) is 6.46. The van der Waals surface area contributed by atoms with E-state index in [0.29, 0.717) is 0 Å². The molecule has 2 aromatic heterocycles. The summed E-state index contributed by atoms with van der Waals surface area (Å²) in [6, 6.07) is 24.1. The number of para-hydroxylation sites is 1. The van der Waals surface area contributed by atoms with Crippen LogP contribution in [0.4, 0.5) is 0 Å². The van der Waals surface area contributed by atoms with Crippen LogP contribution in [0.25, 0.3) is 27.8 Å². The van der Waals surface area contributed by atoms with Gasteiger partial charge in [-0.1, -0.05) is 48.5 Å². The van der Waals surface area contributed by atoms with E-state index in [2.05, 4.69) is 102 Å². The molecule has 0 atom stereocenters. The fourth-order valence-corrected chi connectivity index (χ4v) is 5.39. The summed E-state index contributed by atoms with van der Waals surface area (Å²) < 4.78 is 2.22. The lowest BCUT2D eigenvalue weighted by atomic mass is 9.98. The number of nitrogens with zero attached hydrogens (tertiary/aromatic N) is 3. The largest absolute Gasteiger partial charge is 0.361 e. The van der Waals surface area contributed by atoms with E-state index >= 15 is 0 Å². The van der Waals surface area contributed by atoms with Gasteiger partial charge in [0.1, 0.15) is 0 Å². The molecule has 0 aliphatic carbocycles. The van der Waals surface area contributed by atoms with E-state index in [0.717, 1.165) is 31.6 Å². The quantitative estimate of drug-likeness (QED) is 0.342. The first-order chi connectivity index (χ1) is 16.6. The van der Waals surface area contributed by atoms with Crippen LogP contribution < -0.4 is 0 Å². The number of hydrogen-bond donors (Lipinski definition) is 1. The predicted octanol–water partition coefficient (Wildman–Crippen LogP) is 6.50. The minimum absolute atomic E-state index is 0.912. The molecule has 3 aromatic carbocycles. The lowest BCUT2D eigenvalue weighted by Crippen LogP contribution is -2.30. The SMILES string of the molecule is Cc1ccccc1CN1CCc2nn(-c3c(C)cccc3C)c(-c3ccc4[nH]ccc4c3)c2C1. The number of aromatic amines is 1. The fourth-order valence-electron chi connectivity index (χ4n) is 5.39. The van der Waals surface area contributed by atoms with Crippen LogP contribution in [0.3, 0.4) is 0 Å². The summed E-state index contributed by atoms with van der Waals surface area (Å²) in [6.45, 7) is 9.49. The molecule has 0 unspecified atom stereocenters. The molecule has 1 aliphatic rings. The second-order valence-corrected chi connectivity index (χ2v) is 9.59. The maximum atomic E-state index is 5.23. The Morgan fingerprint density at radius 2 is 1.68 bits per heavy atom. The molecule has 0 spiro atoms. The molecule has 0 fully saturated rings. The van der Waals surface area contributed by atoms with Gasteiger partial charge in [0.15, 0.2) is 0 Å². The predicted molar refractivity (Wildman–Crippen MR) is 139 cm³/mol. The van der Waals surface area contributed by atoms with Crippen molar-refractivity contribution in [3.63, 3.8) is 0 Å². The zero-order chi connectivity index (χ0) is 23.2. The molecular weight excluding hydrogens is 416 g/mol. The molecule has 1 aliphatic heterocycles. The Kier molecular flexibility index (Phi) is 5.11. The van der Waals surface area contributed by atoms with Crippen molar-refractivity contribution in [2.45, 2.75) is 40.3 Å². The normalized spacial score (nSPS) is 14.0. The zero-order valence-electron chi connectivity index (χ0n) is 20.1. The Bertz CT molecular complexity index is 1480. The highest BCUT2D eigenvalue weighted by Gasteiger charge is 2.27. The highest BCUT2D eigenvalue weighted by molar-refractivity contribution is 5.85. The average molecular weight is 447 g/mol. The van der Waals surface area contributed by atoms with E-state index in [-0.39, 0.29) is 0 Å². The smallest absolute Gasteiger partial charge is 0.0789 e. The number of nitrogens with one attached hydrogen (secondary N) is 1. The van der Waals surface area contributed by atoms with E-state index < -0.39 is 0 Å². The molecule has 0 amide bonds. The molecule has 0 saturated heterocycles. The van der Waals surface area contributed by atoms with Gasteiger partial charge in [-0.15, -0.1) is 0 Å². The Morgan fingerprint density at radius 3 is 2.50 bits per heavy atom. The van der Waals surface area contributed by atoms with Gasteiger partial charge in [-0.3, -0.25) is 4.90 Å². The van der Waals surface area contributed by atoms with Crippen molar-refractivity contribution in [3.8, 4) is 16.9 Å². The Morgan fingerprint density at radius 1 is 0.882 bits per heavy atom. The topological polar surface area (TPSA) is 36.9 Å². The number of hydrogen-bond acceptors (Lipinski definition) is 2. The third kappa shape index (κ3) is 3.55. The molecule has 1 N–H and O–H groups in total. The lowest BCUT2D eigenvalue weighted by Gasteiger charge is -2.27. The fraction of sp³-hybridized carbons (Fsp3) is 0.233. The first kappa shape index (κ1) is 20.9. The van der Waals surface area contributed by atoms with E-state index in [1.807, 2.05) is 6.20 Å². The minimum Gasteiger partial charge on any atom is -0.361 e. The molecule has 34 heavy (non-hydrogen) atoms. The molecule has 3 heterocycles. The first-order valence-electron chi connectivity index (χ1n) is 12.1. The molecular formula is C30H30N4. The molecule has 6 rings (SSSR count). The van der Waals surface area contributed by atoms with Gasteiger partial charge >= 0.3 is 0 Å². The Balaban J connectivity index is 1.49. The van der Waals surface area contributed by atoms with Crippen LogP contribution in [-0.2, 0) is 19.5 Å². The first-order valence-corrected chi connectivity index (χ1v) is 12.1. The maximum Gasteiger partial charge on any atom is 0.0789 e. The second kappa shape index (κ2) is 8.30. The second-order valence-electron chi connectivity index (χ2n) is 9.59. The molecule has 170 valence electrons. The maximum absolute atomic E-state index is 5.23. The van der Waals surface area contributed by atoms with Crippen LogP contribution in [0.15, 0.2) is 72.9 Å². The van der Waals surface area contributed by atoms with E-state index in [1.165, 1.54) is 55.8 Å². The highest BCUT2D eigenvalue weighted by atomic mass is 15.3. The van der Waals surface area contributed by atoms with Crippen LogP contribution >= 0.6 is 0 Å². The molecule has 0 radical (unpaired) electrons.